The molecule has 0 saturated carbocycles. The van der Waals surface area contributed by atoms with Crippen molar-refractivity contribution in [3.05, 3.63) is 146 Å². The minimum absolute atomic E-state index is 0.589. The summed E-state index contributed by atoms with van der Waals surface area (Å²) in [5, 5.41) is 5.30. The SMILES string of the molecule is c1ccc(-c2nc(-c3ccc4ccccc4c3)nc(-c3ccc(-c4ccccc4)c4oc5cc6ncccc6cc5c34)n2)cc1. The van der Waals surface area contributed by atoms with Gasteiger partial charge < -0.3 is 4.42 Å². The third kappa shape index (κ3) is 4.33. The Hall–Kier alpha value is -6.20. The molecule has 9 rings (SSSR count). The monoisotopic (exact) mass is 576 g/mol. The average molecular weight is 577 g/mol. The van der Waals surface area contributed by atoms with Gasteiger partial charge in [-0.05, 0) is 46.7 Å². The number of furan rings is 1. The van der Waals surface area contributed by atoms with E-state index in [2.05, 4.69) is 83.8 Å². The van der Waals surface area contributed by atoms with Crippen molar-refractivity contribution in [1.29, 1.82) is 0 Å². The lowest BCUT2D eigenvalue weighted by Crippen LogP contribution is -2.00. The summed E-state index contributed by atoms with van der Waals surface area (Å²) in [6, 6.07) is 47.5. The molecule has 0 N–H and O–H groups in total. The Morgan fingerprint density at radius 2 is 1.11 bits per heavy atom. The minimum atomic E-state index is 0.589. The maximum atomic E-state index is 6.68. The van der Waals surface area contributed by atoms with E-state index < -0.39 is 0 Å². The van der Waals surface area contributed by atoms with E-state index in [1.165, 1.54) is 5.39 Å². The van der Waals surface area contributed by atoms with Crippen molar-refractivity contribution >= 4 is 43.6 Å². The summed E-state index contributed by atoms with van der Waals surface area (Å²) in [5.74, 6) is 1.82. The fourth-order valence-electron chi connectivity index (χ4n) is 6.15. The second-order valence-electron chi connectivity index (χ2n) is 11.1. The van der Waals surface area contributed by atoms with E-state index in [0.717, 1.165) is 66.0 Å². The highest BCUT2D eigenvalue weighted by Gasteiger charge is 2.21. The van der Waals surface area contributed by atoms with Crippen molar-refractivity contribution in [1.82, 2.24) is 19.9 Å². The Morgan fingerprint density at radius 3 is 1.93 bits per heavy atom. The Bertz CT molecular complexity index is 2540. The molecule has 3 heterocycles. The predicted octanol–water partition coefficient (Wildman–Crippen LogP) is 10.1. The standard InChI is InChI=1S/C40H24N4O/c1-3-11-26(12-4-1)31-19-20-32(36-33-23-29-16-9-21-41-34(29)24-35(33)45-37(31)36)40-43-38(27-13-5-2-6-14-27)42-39(44-40)30-18-17-25-10-7-8-15-28(25)22-30/h1-24H. The molecule has 0 saturated heterocycles. The Kier molecular flexibility index (Phi) is 5.74. The Balaban J connectivity index is 1.35. The quantitative estimate of drug-likeness (QED) is 0.209. The van der Waals surface area contributed by atoms with Crippen molar-refractivity contribution in [2.24, 2.45) is 0 Å². The largest absolute Gasteiger partial charge is 0.455 e. The molecule has 0 bridgehead atoms. The molecule has 6 aromatic carbocycles. The molecule has 0 aliphatic carbocycles. The van der Waals surface area contributed by atoms with Crippen LogP contribution in [0, 0.1) is 0 Å². The molecule has 0 spiro atoms. The van der Waals surface area contributed by atoms with Crippen LogP contribution in [0.3, 0.4) is 0 Å². The zero-order chi connectivity index (χ0) is 29.7. The average Bonchev–Trinajstić information content (AvgIpc) is 3.49. The molecule has 0 fully saturated rings. The molecule has 210 valence electrons. The van der Waals surface area contributed by atoms with Crippen LogP contribution < -0.4 is 0 Å². The van der Waals surface area contributed by atoms with Gasteiger partial charge in [-0.3, -0.25) is 4.98 Å². The van der Waals surface area contributed by atoms with Gasteiger partial charge >= 0.3 is 0 Å². The molecule has 0 aliphatic heterocycles. The van der Waals surface area contributed by atoms with Crippen molar-refractivity contribution in [2.75, 3.05) is 0 Å². The summed E-state index contributed by atoms with van der Waals surface area (Å²) in [7, 11) is 0. The van der Waals surface area contributed by atoms with Gasteiger partial charge in [0, 0.05) is 50.7 Å². The maximum absolute atomic E-state index is 6.68. The van der Waals surface area contributed by atoms with Gasteiger partial charge in [-0.1, -0.05) is 103 Å². The first kappa shape index (κ1) is 25.3. The molecular formula is C40H24N4O. The smallest absolute Gasteiger partial charge is 0.164 e. The van der Waals surface area contributed by atoms with Crippen LogP contribution in [0.2, 0.25) is 0 Å². The van der Waals surface area contributed by atoms with Crippen LogP contribution in [-0.2, 0) is 0 Å². The first-order chi connectivity index (χ1) is 22.3. The molecular weight excluding hydrogens is 552 g/mol. The number of aromatic nitrogens is 4. The molecule has 0 aliphatic rings. The predicted molar refractivity (Wildman–Crippen MR) is 182 cm³/mol. The van der Waals surface area contributed by atoms with Gasteiger partial charge in [0.2, 0.25) is 0 Å². The molecule has 0 atom stereocenters. The van der Waals surface area contributed by atoms with Crippen LogP contribution in [0.15, 0.2) is 150 Å². The molecule has 0 unspecified atom stereocenters. The second-order valence-corrected chi connectivity index (χ2v) is 11.1. The number of pyridine rings is 1. The van der Waals surface area contributed by atoms with E-state index >= 15 is 0 Å². The number of benzene rings is 6. The Morgan fingerprint density at radius 1 is 0.444 bits per heavy atom. The summed E-state index contributed by atoms with van der Waals surface area (Å²) in [6.45, 7) is 0. The van der Waals surface area contributed by atoms with E-state index in [-0.39, 0.29) is 0 Å². The van der Waals surface area contributed by atoms with Gasteiger partial charge in [0.15, 0.2) is 17.5 Å². The first-order valence-corrected chi connectivity index (χ1v) is 14.9. The zero-order valence-electron chi connectivity index (χ0n) is 24.1. The summed E-state index contributed by atoms with van der Waals surface area (Å²) in [4.78, 5) is 19.8. The minimum Gasteiger partial charge on any atom is -0.455 e. The lowest BCUT2D eigenvalue weighted by Gasteiger charge is -2.11. The van der Waals surface area contributed by atoms with E-state index in [9.17, 15) is 0 Å². The highest BCUT2D eigenvalue weighted by atomic mass is 16.3. The van der Waals surface area contributed by atoms with Crippen molar-refractivity contribution in [2.45, 2.75) is 0 Å². The molecule has 0 amide bonds. The molecule has 45 heavy (non-hydrogen) atoms. The lowest BCUT2D eigenvalue weighted by atomic mass is 9.97. The fraction of sp³-hybridized carbons (Fsp3) is 0. The van der Waals surface area contributed by atoms with E-state index in [0.29, 0.717) is 17.5 Å². The summed E-state index contributed by atoms with van der Waals surface area (Å²) < 4.78 is 6.68. The van der Waals surface area contributed by atoms with Gasteiger partial charge in [0.05, 0.1) is 5.52 Å². The maximum Gasteiger partial charge on any atom is 0.164 e. The molecule has 5 heteroatoms. The summed E-state index contributed by atoms with van der Waals surface area (Å²) in [5.41, 5.74) is 7.27. The highest BCUT2D eigenvalue weighted by Crippen LogP contribution is 2.42. The summed E-state index contributed by atoms with van der Waals surface area (Å²) in [6.07, 6.45) is 1.81. The van der Waals surface area contributed by atoms with Crippen molar-refractivity contribution in [3.63, 3.8) is 0 Å². The van der Waals surface area contributed by atoms with Crippen molar-refractivity contribution in [3.8, 4) is 45.3 Å². The first-order valence-electron chi connectivity index (χ1n) is 14.9. The Labute approximate surface area is 258 Å². The van der Waals surface area contributed by atoms with Crippen LogP contribution in [0.4, 0.5) is 0 Å². The van der Waals surface area contributed by atoms with Gasteiger partial charge in [0.25, 0.3) is 0 Å². The van der Waals surface area contributed by atoms with Crippen molar-refractivity contribution < 1.29 is 4.42 Å². The fourth-order valence-corrected chi connectivity index (χ4v) is 6.15. The van der Waals surface area contributed by atoms with Crippen LogP contribution in [0.5, 0.6) is 0 Å². The van der Waals surface area contributed by atoms with Crippen LogP contribution >= 0.6 is 0 Å². The van der Waals surface area contributed by atoms with Crippen LogP contribution in [0.25, 0.3) is 88.9 Å². The molecule has 5 nitrogen and oxygen atoms in total. The topological polar surface area (TPSA) is 64.7 Å². The van der Waals surface area contributed by atoms with E-state index in [1.807, 2.05) is 66.9 Å². The van der Waals surface area contributed by atoms with Gasteiger partial charge in [-0.25, -0.2) is 15.0 Å². The van der Waals surface area contributed by atoms with Gasteiger partial charge in [0.1, 0.15) is 11.2 Å². The lowest BCUT2D eigenvalue weighted by molar-refractivity contribution is 0.670. The number of nitrogens with zero attached hydrogens (tertiary/aromatic N) is 4. The molecule has 3 aromatic heterocycles. The second kappa shape index (κ2) is 10.2. The number of rotatable bonds is 4. The zero-order valence-corrected chi connectivity index (χ0v) is 24.1. The van der Waals surface area contributed by atoms with Crippen LogP contribution in [0.1, 0.15) is 0 Å². The van der Waals surface area contributed by atoms with Gasteiger partial charge in [-0.15, -0.1) is 0 Å². The van der Waals surface area contributed by atoms with E-state index in [1.54, 1.807) is 0 Å². The van der Waals surface area contributed by atoms with Crippen LogP contribution in [-0.4, -0.2) is 19.9 Å². The number of fused-ring (bicyclic) bond motifs is 5. The molecule has 9 aromatic rings. The number of hydrogen-bond acceptors (Lipinski definition) is 5. The van der Waals surface area contributed by atoms with Gasteiger partial charge in [-0.2, -0.15) is 0 Å². The normalized spacial score (nSPS) is 11.6. The summed E-state index contributed by atoms with van der Waals surface area (Å²) >= 11 is 0. The highest BCUT2D eigenvalue weighted by molar-refractivity contribution is 6.18. The third-order valence-electron chi connectivity index (χ3n) is 8.34. The number of hydrogen-bond donors (Lipinski definition) is 0. The third-order valence-corrected chi connectivity index (χ3v) is 8.34. The van der Waals surface area contributed by atoms with E-state index in [4.69, 9.17) is 19.4 Å². The molecule has 0 radical (unpaired) electrons.